The van der Waals surface area contributed by atoms with Crippen molar-refractivity contribution < 1.29 is 26.8 Å². The number of halogens is 4. The molecule has 0 aliphatic rings. The van der Waals surface area contributed by atoms with Crippen molar-refractivity contribution in [2.75, 3.05) is 13.2 Å². The molecule has 0 saturated carbocycles. The van der Waals surface area contributed by atoms with Crippen LogP contribution in [0.25, 0.3) is 0 Å². The lowest BCUT2D eigenvalue weighted by Crippen LogP contribution is -2.32. The average Bonchev–Trinajstić information content (AvgIpc) is 2.77. The van der Waals surface area contributed by atoms with Gasteiger partial charge in [0.25, 0.3) is 0 Å². The number of nitrogens with zero attached hydrogens (tertiary/aromatic N) is 2. The molecule has 0 aliphatic carbocycles. The fourth-order valence-electron chi connectivity index (χ4n) is 1.00. The Morgan fingerprint density at radius 2 is 2.21 bits per heavy atom. The minimum atomic E-state index is -4.19. The maximum atomic E-state index is 12.5. The summed E-state index contributed by atoms with van der Waals surface area (Å²) in [6.07, 6.45) is 1.22. The molecule has 0 aliphatic heterocycles. The molecule has 1 N–H and O–H groups in total. The number of terminal acetylenes is 1. The number of hydrogen-bond donors (Lipinski definition) is 1. The minimum absolute atomic E-state index is 0.0115. The Morgan fingerprint density at radius 3 is 2.84 bits per heavy atom. The molecule has 0 radical (unpaired) electrons. The number of aromatic nitrogens is 2. The molecule has 19 heavy (non-hydrogen) atoms. The minimum Gasteiger partial charge on any atom is -0.367 e. The number of hydrogen-bond acceptors (Lipinski definition) is 5. The van der Waals surface area contributed by atoms with Gasteiger partial charge in [-0.05, 0) is 0 Å². The third-order valence-electron chi connectivity index (χ3n) is 1.86. The summed E-state index contributed by atoms with van der Waals surface area (Å²) in [4.78, 5) is 3.78. The first-order valence-electron chi connectivity index (χ1n) is 5.15. The number of nitrogens with one attached hydrogen (secondary N) is 1. The molecule has 0 bridgehead atoms. The van der Waals surface area contributed by atoms with E-state index in [-0.39, 0.29) is 18.3 Å². The molecule has 0 spiro atoms. The van der Waals surface area contributed by atoms with E-state index in [0.29, 0.717) is 6.54 Å². The van der Waals surface area contributed by atoms with Crippen LogP contribution in [0.15, 0.2) is 4.52 Å². The summed E-state index contributed by atoms with van der Waals surface area (Å²) in [5, 5.41) is 6.19. The van der Waals surface area contributed by atoms with E-state index in [1.54, 1.807) is 0 Å². The lowest BCUT2D eigenvalue weighted by Gasteiger charge is -2.14. The third-order valence-corrected chi connectivity index (χ3v) is 1.86. The van der Waals surface area contributed by atoms with Crippen LogP contribution in [-0.2, 0) is 17.9 Å². The largest absolute Gasteiger partial charge is 0.367 e. The summed E-state index contributed by atoms with van der Waals surface area (Å²) in [5.74, 6) is -1.69. The zero-order valence-corrected chi connectivity index (χ0v) is 9.71. The molecular weight excluding hydrogens is 270 g/mol. The van der Waals surface area contributed by atoms with Crippen LogP contribution >= 0.6 is 0 Å². The normalized spacial score (nSPS) is 11.8. The summed E-state index contributed by atoms with van der Waals surface area (Å²) in [7, 11) is 0. The highest BCUT2D eigenvalue weighted by Gasteiger charge is 2.41. The van der Waals surface area contributed by atoms with Crippen LogP contribution in [0.4, 0.5) is 17.6 Å². The van der Waals surface area contributed by atoms with E-state index >= 15 is 0 Å². The first kappa shape index (κ1) is 15.4. The monoisotopic (exact) mass is 281 g/mol. The standard InChI is InChI=1S/C10H11F4N3O2/c1-2-3-15-4-8-16-7(17-19-8)5-18-6-10(13,14)9(11)12/h1,9,15H,3-6H2. The molecule has 0 aromatic carbocycles. The van der Waals surface area contributed by atoms with Crippen molar-refractivity contribution in [3.05, 3.63) is 11.7 Å². The summed E-state index contributed by atoms with van der Waals surface area (Å²) >= 11 is 0. The zero-order chi connectivity index (χ0) is 14.3. The molecule has 0 unspecified atom stereocenters. The second-order valence-corrected chi connectivity index (χ2v) is 3.47. The van der Waals surface area contributed by atoms with Crippen LogP contribution in [0.5, 0.6) is 0 Å². The molecule has 0 atom stereocenters. The van der Waals surface area contributed by atoms with Gasteiger partial charge in [0.05, 0.1) is 13.1 Å². The fraction of sp³-hybridized carbons (Fsp3) is 0.600. The Hall–Kier alpha value is -1.66. The molecule has 1 aromatic heterocycles. The predicted octanol–water partition coefficient (Wildman–Crippen LogP) is 1.21. The lowest BCUT2D eigenvalue weighted by atomic mass is 10.4. The van der Waals surface area contributed by atoms with Crippen molar-refractivity contribution in [3.8, 4) is 12.3 Å². The van der Waals surface area contributed by atoms with Crippen LogP contribution in [0.2, 0.25) is 0 Å². The predicted molar refractivity (Wildman–Crippen MR) is 55.4 cm³/mol. The van der Waals surface area contributed by atoms with E-state index in [2.05, 4.69) is 26.1 Å². The Kier molecular flexibility index (Phi) is 5.72. The van der Waals surface area contributed by atoms with Crippen LogP contribution in [-0.4, -0.2) is 35.6 Å². The fourth-order valence-corrected chi connectivity index (χ4v) is 1.00. The van der Waals surface area contributed by atoms with Crippen LogP contribution in [0.1, 0.15) is 11.7 Å². The first-order chi connectivity index (χ1) is 8.95. The summed E-state index contributed by atoms with van der Waals surface area (Å²) < 4.78 is 57.8. The number of rotatable bonds is 8. The van der Waals surface area contributed by atoms with Gasteiger partial charge in [-0.1, -0.05) is 11.1 Å². The van der Waals surface area contributed by atoms with E-state index in [1.807, 2.05) is 0 Å². The highest BCUT2D eigenvalue weighted by atomic mass is 19.3. The van der Waals surface area contributed by atoms with Crippen LogP contribution in [0, 0.1) is 12.3 Å². The molecule has 1 aromatic rings. The molecule has 0 amide bonds. The second kappa shape index (κ2) is 7.06. The van der Waals surface area contributed by atoms with Gasteiger partial charge in [-0.2, -0.15) is 13.8 Å². The topological polar surface area (TPSA) is 60.2 Å². The molecule has 106 valence electrons. The van der Waals surface area contributed by atoms with E-state index in [4.69, 9.17) is 10.9 Å². The van der Waals surface area contributed by atoms with Crippen molar-refractivity contribution in [2.45, 2.75) is 25.5 Å². The summed E-state index contributed by atoms with van der Waals surface area (Å²) in [6, 6.07) is 0. The maximum Gasteiger partial charge on any atom is 0.330 e. The Labute approximate surface area is 106 Å². The van der Waals surface area contributed by atoms with E-state index < -0.39 is 25.6 Å². The second-order valence-electron chi connectivity index (χ2n) is 3.47. The van der Waals surface area contributed by atoms with Gasteiger partial charge in [-0.15, -0.1) is 6.42 Å². The quantitative estimate of drug-likeness (QED) is 0.441. The zero-order valence-electron chi connectivity index (χ0n) is 9.71. The molecule has 0 fully saturated rings. The van der Waals surface area contributed by atoms with Gasteiger partial charge in [0.1, 0.15) is 13.2 Å². The van der Waals surface area contributed by atoms with Gasteiger partial charge < -0.3 is 9.26 Å². The van der Waals surface area contributed by atoms with Crippen molar-refractivity contribution in [2.24, 2.45) is 0 Å². The number of ether oxygens (including phenoxy) is 1. The average molecular weight is 281 g/mol. The van der Waals surface area contributed by atoms with Gasteiger partial charge in [0.15, 0.2) is 5.82 Å². The van der Waals surface area contributed by atoms with Gasteiger partial charge in [-0.25, -0.2) is 8.78 Å². The Balaban J connectivity index is 2.33. The van der Waals surface area contributed by atoms with Crippen LogP contribution < -0.4 is 5.32 Å². The smallest absolute Gasteiger partial charge is 0.330 e. The van der Waals surface area contributed by atoms with E-state index in [1.165, 1.54) is 0 Å². The van der Waals surface area contributed by atoms with Crippen LogP contribution in [0.3, 0.4) is 0 Å². The lowest BCUT2D eigenvalue weighted by molar-refractivity contribution is -0.168. The maximum absolute atomic E-state index is 12.5. The Bertz CT molecular complexity index is 431. The molecule has 1 heterocycles. The number of alkyl halides is 4. The van der Waals surface area contributed by atoms with Crippen molar-refractivity contribution in [1.29, 1.82) is 0 Å². The van der Waals surface area contributed by atoms with Gasteiger partial charge in [0, 0.05) is 0 Å². The van der Waals surface area contributed by atoms with Crippen molar-refractivity contribution in [1.82, 2.24) is 15.5 Å². The van der Waals surface area contributed by atoms with Gasteiger partial charge in [0.2, 0.25) is 5.89 Å². The third kappa shape index (κ3) is 5.23. The SMILES string of the molecule is C#CCNCc1nc(COCC(F)(F)C(F)F)no1. The molecule has 0 saturated heterocycles. The van der Waals surface area contributed by atoms with E-state index in [0.717, 1.165) is 0 Å². The highest BCUT2D eigenvalue weighted by molar-refractivity contribution is 4.89. The molecular formula is C10H11F4N3O2. The molecule has 9 heteroatoms. The Morgan fingerprint density at radius 1 is 1.47 bits per heavy atom. The van der Waals surface area contributed by atoms with E-state index in [9.17, 15) is 17.6 Å². The highest BCUT2D eigenvalue weighted by Crippen LogP contribution is 2.23. The summed E-state index contributed by atoms with van der Waals surface area (Å²) in [5.41, 5.74) is 0. The molecule has 5 nitrogen and oxygen atoms in total. The molecule has 1 rings (SSSR count). The first-order valence-corrected chi connectivity index (χ1v) is 5.15. The van der Waals surface area contributed by atoms with Gasteiger partial charge >= 0.3 is 12.3 Å². The summed E-state index contributed by atoms with van der Waals surface area (Å²) in [6.45, 7) is -1.34. The van der Waals surface area contributed by atoms with Crippen molar-refractivity contribution >= 4 is 0 Å². The van der Waals surface area contributed by atoms with Gasteiger partial charge in [-0.3, -0.25) is 5.32 Å². The van der Waals surface area contributed by atoms with Crippen molar-refractivity contribution in [3.63, 3.8) is 0 Å².